The molecule has 3 aromatic rings. The van der Waals surface area contributed by atoms with E-state index in [4.69, 9.17) is 4.74 Å². The standard InChI is InChI=1S/C19H22N6O4S/c1-9-6-11(24-18(28)19(3,4)5)30-13(9)17(27)29-10(2)16(26)25-15-12-14(21-7-20-12)22-8-23-15/h6-8,10H,1-5H3,(H,24,28)(H2,20,21,22,23,25,26)/t10-/m1/s1. The third-order valence-electron chi connectivity index (χ3n) is 4.14. The summed E-state index contributed by atoms with van der Waals surface area (Å²) in [5.74, 6) is -1.12. The van der Waals surface area contributed by atoms with Crippen molar-refractivity contribution in [3.05, 3.63) is 29.2 Å². The van der Waals surface area contributed by atoms with Gasteiger partial charge in [-0.15, -0.1) is 11.3 Å². The van der Waals surface area contributed by atoms with Crippen LogP contribution in [-0.2, 0) is 14.3 Å². The quantitative estimate of drug-likeness (QED) is 0.529. The highest BCUT2D eigenvalue weighted by molar-refractivity contribution is 7.18. The zero-order valence-corrected chi connectivity index (χ0v) is 18.0. The van der Waals surface area contributed by atoms with E-state index in [1.807, 2.05) is 0 Å². The van der Waals surface area contributed by atoms with Gasteiger partial charge in [0.1, 0.15) is 16.7 Å². The molecule has 0 fully saturated rings. The van der Waals surface area contributed by atoms with Gasteiger partial charge in [-0.1, -0.05) is 20.8 Å². The summed E-state index contributed by atoms with van der Waals surface area (Å²) >= 11 is 1.10. The number of carbonyl (C=O) groups is 3. The summed E-state index contributed by atoms with van der Waals surface area (Å²) in [7, 11) is 0. The molecule has 1 atom stereocenters. The number of aromatic nitrogens is 4. The summed E-state index contributed by atoms with van der Waals surface area (Å²) in [4.78, 5) is 52.3. The first kappa shape index (κ1) is 21.4. The van der Waals surface area contributed by atoms with Crippen LogP contribution in [0.3, 0.4) is 0 Å². The molecule has 11 heteroatoms. The van der Waals surface area contributed by atoms with E-state index >= 15 is 0 Å². The van der Waals surface area contributed by atoms with Crippen molar-refractivity contribution in [2.24, 2.45) is 5.41 Å². The molecule has 0 aromatic carbocycles. The molecule has 0 aliphatic rings. The van der Waals surface area contributed by atoms with Gasteiger partial charge >= 0.3 is 5.97 Å². The highest BCUT2D eigenvalue weighted by Gasteiger charge is 2.25. The monoisotopic (exact) mass is 430 g/mol. The largest absolute Gasteiger partial charge is 0.448 e. The molecule has 0 aliphatic carbocycles. The van der Waals surface area contributed by atoms with Crippen LogP contribution in [0.5, 0.6) is 0 Å². The highest BCUT2D eigenvalue weighted by Crippen LogP contribution is 2.29. The Labute approximate surface area is 176 Å². The number of esters is 1. The number of H-pyrrole nitrogens is 1. The number of anilines is 2. The Kier molecular flexibility index (Phi) is 5.83. The number of imidazole rings is 1. The molecule has 0 radical (unpaired) electrons. The summed E-state index contributed by atoms with van der Waals surface area (Å²) in [6, 6.07) is 1.70. The first-order chi connectivity index (χ1) is 14.1. The second-order valence-electron chi connectivity index (χ2n) is 7.69. The van der Waals surface area contributed by atoms with E-state index in [1.54, 1.807) is 33.8 Å². The molecule has 2 amide bonds. The molecule has 0 aliphatic heterocycles. The molecule has 10 nitrogen and oxygen atoms in total. The van der Waals surface area contributed by atoms with Crippen molar-refractivity contribution in [1.29, 1.82) is 0 Å². The van der Waals surface area contributed by atoms with Gasteiger partial charge in [-0.25, -0.2) is 19.7 Å². The van der Waals surface area contributed by atoms with Gasteiger partial charge in [-0.2, -0.15) is 0 Å². The molecule has 3 rings (SSSR count). The second-order valence-corrected chi connectivity index (χ2v) is 8.74. The summed E-state index contributed by atoms with van der Waals surface area (Å²) in [6.07, 6.45) is 1.64. The lowest BCUT2D eigenvalue weighted by atomic mass is 9.96. The van der Waals surface area contributed by atoms with Gasteiger partial charge in [-0.3, -0.25) is 9.59 Å². The number of hydrogen-bond donors (Lipinski definition) is 3. The van der Waals surface area contributed by atoms with Crippen LogP contribution in [0.4, 0.5) is 10.8 Å². The predicted octanol–water partition coefficient (Wildman–Crippen LogP) is 2.89. The fourth-order valence-corrected chi connectivity index (χ4v) is 3.34. The van der Waals surface area contributed by atoms with Crippen molar-refractivity contribution in [2.45, 2.75) is 40.7 Å². The van der Waals surface area contributed by atoms with Crippen LogP contribution in [0.25, 0.3) is 11.2 Å². The van der Waals surface area contributed by atoms with E-state index < -0.39 is 23.4 Å². The number of aryl methyl sites for hydroxylation is 1. The van der Waals surface area contributed by atoms with E-state index in [0.29, 0.717) is 26.6 Å². The Bertz CT molecular complexity index is 1110. The van der Waals surface area contributed by atoms with Gasteiger partial charge in [-0.05, 0) is 25.5 Å². The third kappa shape index (κ3) is 4.62. The first-order valence-corrected chi connectivity index (χ1v) is 9.95. The number of nitrogens with zero attached hydrogens (tertiary/aromatic N) is 3. The van der Waals surface area contributed by atoms with Gasteiger partial charge < -0.3 is 20.4 Å². The van der Waals surface area contributed by atoms with Gasteiger partial charge in [0.05, 0.1) is 11.3 Å². The molecule has 3 aromatic heterocycles. The number of rotatable bonds is 5. The molecule has 158 valence electrons. The molecule has 3 heterocycles. The number of carbonyl (C=O) groups excluding carboxylic acids is 3. The van der Waals surface area contributed by atoms with Crippen molar-refractivity contribution in [1.82, 2.24) is 19.9 Å². The Hall–Kier alpha value is -3.34. The van der Waals surface area contributed by atoms with Crippen molar-refractivity contribution >= 4 is 51.1 Å². The van der Waals surface area contributed by atoms with Crippen LogP contribution >= 0.6 is 11.3 Å². The number of ether oxygens (including phenoxy) is 1. The topological polar surface area (TPSA) is 139 Å². The Balaban J connectivity index is 1.66. The minimum atomic E-state index is -1.07. The van der Waals surface area contributed by atoms with Crippen molar-refractivity contribution in [3.8, 4) is 0 Å². The molecular formula is C19H22N6O4S. The molecule has 0 saturated heterocycles. The maximum Gasteiger partial charge on any atom is 0.349 e. The lowest BCUT2D eigenvalue weighted by molar-refractivity contribution is -0.124. The van der Waals surface area contributed by atoms with Crippen molar-refractivity contribution < 1.29 is 19.1 Å². The molecule has 0 bridgehead atoms. The first-order valence-electron chi connectivity index (χ1n) is 9.14. The number of hydrogen-bond acceptors (Lipinski definition) is 8. The van der Waals surface area contributed by atoms with Crippen LogP contribution in [0.15, 0.2) is 18.7 Å². The second kappa shape index (κ2) is 8.19. The molecular weight excluding hydrogens is 408 g/mol. The van der Waals surface area contributed by atoms with E-state index in [2.05, 4.69) is 30.6 Å². The minimum absolute atomic E-state index is 0.161. The smallest absolute Gasteiger partial charge is 0.349 e. The van der Waals surface area contributed by atoms with Crippen molar-refractivity contribution in [3.63, 3.8) is 0 Å². The zero-order chi connectivity index (χ0) is 22.1. The predicted molar refractivity (Wildman–Crippen MR) is 112 cm³/mol. The van der Waals surface area contributed by atoms with Gasteiger partial charge in [0.25, 0.3) is 5.91 Å². The molecule has 0 spiro atoms. The summed E-state index contributed by atoms with van der Waals surface area (Å²) < 4.78 is 5.31. The number of thiophene rings is 1. The average Bonchev–Trinajstić information content (AvgIpc) is 3.27. The molecule has 30 heavy (non-hydrogen) atoms. The number of aromatic amines is 1. The van der Waals surface area contributed by atoms with E-state index in [0.717, 1.165) is 11.3 Å². The summed E-state index contributed by atoms with van der Waals surface area (Å²) in [5.41, 5.74) is 0.963. The lowest BCUT2D eigenvalue weighted by Crippen LogP contribution is -2.30. The minimum Gasteiger partial charge on any atom is -0.448 e. The van der Waals surface area contributed by atoms with E-state index in [-0.39, 0.29) is 11.7 Å². The van der Waals surface area contributed by atoms with Crippen LogP contribution in [0.1, 0.15) is 42.9 Å². The maximum absolute atomic E-state index is 12.6. The summed E-state index contributed by atoms with van der Waals surface area (Å²) in [5, 5.41) is 5.93. The number of amides is 2. The van der Waals surface area contributed by atoms with Crippen molar-refractivity contribution in [2.75, 3.05) is 10.6 Å². The van der Waals surface area contributed by atoms with E-state index in [1.165, 1.54) is 19.6 Å². The summed E-state index contributed by atoms with van der Waals surface area (Å²) in [6.45, 7) is 8.59. The van der Waals surface area contributed by atoms with Gasteiger partial charge in [0.2, 0.25) is 5.91 Å². The van der Waals surface area contributed by atoms with E-state index in [9.17, 15) is 14.4 Å². The fourth-order valence-electron chi connectivity index (χ4n) is 2.39. The van der Waals surface area contributed by atoms with Crippen LogP contribution in [0.2, 0.25) is 0 Å². The Morgan fingerprint density at radius 2 is 1.90 bits per heavy atom. The Morgan fingerprint density at radius 3 is 2.60 bits per heavy atom. The highest BCUT2D eigenvalue weighted by atomic mass is 32.1. The number of nitrogens with one attached hydrogen (secondary N) is 3. The van der Waals surface area contributed by atoms with Crippen LogP contribution < -0.4 is 10.6 Å². The zero-order valence-electron chi connectivity index (χ0n) is 17.2. The third-order valence-corrected chi connectivity index (χ3v) is 5.27. The van der Waals surface area contributed by atoms with Gasteiger partial charge in [0, 0.05) is 5.41 Å². The maximum atomic E-state index is 12.6. The lowest BCUT2D eigenvalue weighted by Gasteiger charge is -2.16. The normalized spacial score (nSPS) is 12.4. The van der Waals surface area contributed by atoms with Crippen LogP contribution in [-0.4, -0.2) is 43.8 Å². The Morgan fingerprint density at radius 1 is 1.17 bits per heavy atom. The van der Waals surface area contributed by atoms with Gasteiger partial charge in [0.15, 0.2) is 17.6 Å². The average molecular weight is 430 g/mol. The van der Waals surface area contributed by atoms with Crippen LogP contribution in [0, 0.1) is 12.3 Å². The molecule has 0 saturated carbocycles. The molecule has 3 N–H and O–H groups in total. The SMILES string of the molecule is Cc1cc(NC(=O)C(C)(C)C)sc1C(=O)O[C@H](C)C(=O)Nc1ncnc2nc[nH]c12. The number of fused-ring (bicyclic) bond motifs is 1. The molecule has 0 unspecified atom stereocenters. The fraction of sp³-hybridized carbons (Fsp3) is 0.368.